The third-order valence-corrected chi connectivity index (χ3v) is 4.29. The second-order valence-electron chi connectivity index (χ2n) is 4.67. The lowest BCUT2D eigenvalue weighted by Crippen LogP contribution is -2.37. The van der Waals surface area contributed by atoms with Crippen LogP contribution in [0.2, 0.25) is 0 Å². The van der Waals surface area contributed by atoms with Crippen molar-refractivity contribution in [3.8, 4) is 0 Å². The third kappa shape index (κ3) is 2.48. The first-order valence-corrected chi connectivity index (χ1v) is 6.90. The van der Waals surface area contributed by atoms with Gasteiger partial charge >= 0.3 is 0 Å². The maximum atomic E-state index is 9.80. The van der Waals surface area contributed by atoms with Crippen LogP contribution < -0.4 is 0 Å². The Labute approximate surface area is 112 Å². The molecule has 0 atom stereocenters. The summed E-state index contributed by atoms with van der Waals surface area (Å²) in [6.07, 6.45) is 0.669. The number of benzene rings is 1. The molecule has 0 aliphatic rings. The molecule has 2 N–H and O–H groups in total. The second-order valence-corrected chi connectivity index (χ2v) is 5.70. The minimum Gasteiger partial charge on any atom is -0.395 e. The molecule has 3 heteroatoms. The van der Waals surface area contributed by atoms with Gasteiger partial charge in [0.25, 0.3) is 0 Å². The highest BCUT2D eigenvalue weighted by Crippen LogP contribution is 2.31. The molecule has 0 aliphatic heterocycles. The van der Waals surface area contributed by atoms with Gasteiger partial charge in [0.15, 0.2) is 0 Å². The molecule has 0 radical (unpaired) electrons. The minimum atomic E-state index is -0.587. The van der Waals surface area contributed by atoms with Crippen molar-refractivity contribution in [1.29, 1.82) is 0 Å². The molecule has 0 saturated heterocycles. The van der Waals surface area contributed by atoms with Crippen LogP contribution in [0.15, 0.2) is 41.8 Å². The summed E-state index contributed by atoms with van der Waals surface area (Å²) < 4.78 is 0. The number of hydrogen-bond donors (Lipinski definition) is 2. The van der Waals surface area contributed by atoms with Crippen molar-refractivity contribution in [3.05, 3.63) is 57.8 Å². The zero-order chi connectivity index (χ0) is 13.0. The van der Waals surface area contributed by atoms with Gasteiger partial charge in [0.2, 0.25) is 0 Å². The van der Waals surface area contributed by atoms with E-state index in [1.54, 1.807) is 11.3 Å². The number of hydrogen-bond acceptors (Lipinski definition) is 3. The van der Waals surface area contributed by atoms with Gasteiger partial charge in [-0.2, -0.15) is 0 Å². The van der Waals surface area contributed by atoms with E-state index in [9.17, 15) is 10.2 Å². The van der Waals surface area contributed by atoms with Gasteiger partial charge in [-0.1, -0.05) is 30.3 Å². The maximum Gasteiger partial charge on any atom is 0.0553 e. The summed E-state index contributed by atoms with van der Waals surface area (Å²) in [6.45, 7) is 1.92. The topological polar surface area (TPSA) is 40.5 Å². The average Bonchev–Trinajstić information content (AvgIpc) is 2.90. The van der Waals surface area contributed by atoms with E-state index in [1.807, 2.05) is 48.7 Å². The first-order chi connectivity index (χ1) is 8.72. The van der Waals surface area contributed by atoms with Crippen LogP contribution in [0.1, 0.15) is 16.0 Å². The molecule has 2 nitrogen and oxygen atoms in total. The van der Waals surface area contributed by atoms with Crippen LogP contribution in [0, 0.1) is 6.92 Å². The Balaban J connectivity index is 2.40. The van der Waals surface area contributed by atoms with E-state index in [0.717, 1.165) is 11.1 Å². The van der Waals surface area contributed by atoms with E-state index < -0.39 is 5.41 Å². The van der Waals surface area contributed by atoms with Crippen LogP contribution in [0.3, 0.4) is 0 Å². The van der Waals surface area contributed by atoms with Gasteiger partial charge in [-0.15, -0.1) is 11.3 Å². The van der Waals surface area contributed by atoms with Gasteiger partial charge in [0.1, 0.15) is 0 Å². The fourth-order valence-electron chi connectivity index (χ4n) is 2.34. The lowest BCUT2D eigenvalue weighted by molar-refractivity contribution is 0.116. The summed E-state index contributed by atoms with van der Waals surface area (Å²) >= 11 is 1.66. The van der Waals surface area contributed by atoms with Crippen LogP contribution >= 0.6 is 11.3 Å². The van der Waals surface area contributed by atoms with E-state index in [-0.39, 0.29) is 13.2 Å². The molecule has 0 unspecified atom stereocenters. The summed E-state index contributed by atoms with van der Waals surface area (Å²) in [4.78, 5) is 1.18. The summed E-state index contributed by atoms with van der Waals surface area (Å²) in [7, 11) is 0. The van der Waals surface area contributed by atoms with E-state index >= 15 is 0 Å². The highest BCUT2D eigenvalue weighted by molar-refractivity contribution is 7.09. The monoisotopic (exact) mass is 262 g/mol. The summed E-state index contributed by atoms with van der Waals surface area (Å²) in [5.41, 5.74) is 1.55. The highest BCUT2D eigenvalue weighted by Gasteiger charge is 2.32. The summed E-state index contributed by atoms with van der Waals surface area (Å²) in [6, 6.07) is 12.0. The van der Waals surface area contributed by atoms with Gasteiger partial charge in [-0.3, -0.25) is 0 Å². The fourth-order valence-corrected chi connectivity index (χ4v) is 3.19. The molecule has 1 aromatic carbocycles. The molecular formula is C15H18O2S. The molecule has 96 valence electrons. The molecule has 2 aromatic rings. The van der Waals surface area contributed by atoms with Crippen molar-refractivity contribution in [1.82, 2.24) is 0 Å². The lowest BCUT2D eigenvalue weighted by atomic mass is 9.76. The second kappa shape index (κ2) is 5.65. The van der Waals surface area contributed by atoms with Crippen molar-refractivity contribution in [2.45, 2.75) is 18.8 Å². The molecule has 2 rings (SSSR count). The molecule has 1 heterocycles. The van der Waals surface area contributed by atoms with Crippen LogP contribution in [0.25, 0.3) is 0 Å². The number of aryl methyl sites for hydroxylation is 1. The van der Waals surface area contributed by atoms with E-state index in [2.05, 4.69) is 0 Å². The lowest BCUT2D eigenvalue weighted by Gasteiger charge is -2.31. The summed E-state index contributed by atoms with van der Waals surface area (Å²) in [5, 5.41) is 21.6. The molecular weight excluding hydrogens is 244 g/mol. The Kier molecular flexibility index (Phi) is 4.17. The third-order valence-electron chi connectivity index (χ3n) is 3.41. The number of aliphatic hydroxyl groups is 2. The average molecular weight is 262 g/mol. The molecule has 0 aliphatic carbocycles. The van der Waals surface area contributed by atoms with E-state index in [1.165, 1.54) is 4.88 Å². The van der Waals surface area contributed by atoms with Gasteiger partial charge in [-0.05, 0) is 35.9 Å². The maximum absolute atomic E-state index is 9.80. The predicted molar refractivity (Wildman–Crippen MR) is 75.1 cm³/mol. The normalized spacial score (nSPS) is 11.7. The standard InChI is InChI=1S/C15H18O2S/c1-12-5-2-3-7-14(12)15(10-16,11-17)9-13-6-4-8-18-13/h2-8,16-17H,9-11H2,1H3. The molecule has 1 aromatic heterocycles. The van der Waals surface area contributed by atoms with Crippen molar-refractivity contribution in [2.24, 2.45) is 0 Å². The fraction of sp³-hybridized carbons (Fsp3) is 0.333. The van der Waals surface area contributed by atoms with Crippen molar-refractivity contribution < 1.29 is 10.2 Å². The Bertz CT molecular complexity index is 487. The number of rotatable bonds is 5. The zero-order valence-corrected chi connectivity index (χ0v) is 11.3. The van der Waals surface area contributed by atoms with Gasteiger partial charge < -0.3 is 10.2 Å². The first-order valence-electron chi connectivity index (χ1n) is 6.02. The SMILES string of the molecule is Cc1ccccc1C(CO)(CO)Cc1cccs1. The smallest absolute Gasteiger partial charge is 0.0553 e. The van der Waals surface area contributed by atoms with Crippen LogP contribution in [0.5, 0.6) is 0 Å². The van der Waals surface area contributed by atoms with Gasteiger partial charge in [-0.25, -0.2) is 0 Å². The highest BCUT2D eigenvalue weighted by atomic mass is 32.1. The van der Waals surface area contributed by atoms with Crippen LogP contribution in [0.4, 0.5) is 0 Å². The Morgan fingerprint density at radius 3 is 2.33 bits per heavy atom. The Morgan fingerprint density at radius 2 is 1.78 bits per heavy atom. The van der Waals surface area contributed by atoms with E-state index in [0.29, 0.717) is 6.42 Å². The quantitative estimate of drug-likeness (QED) is 0.869. The number of thiophene rings is 1. The Hall–Kier alpha value is -1.16. The molecule has 0 spiro atoms. The van der Waals surface area contributed by atoms with Crippen molar-refractivity contribution >= 4 is 11.3 Å². The molecule has 0 saturated carbocycles. The van der Waals surface area contributed by atoms with Crippen molar-refractivity contribution in [3.63, 3.8) is 0 Å². The van der Waals surface area contributed by atoms with Gasteiger partial charge in [0.05, 0.1) is 13.2 Å². The van der Waals surface area contributed by atoms with Gasteiger partial charge in [0, 0.05) is 10.3 Å². The molecule has 0 fully saturated rings. The minimum absolute atomic E-state index is 0.0494. The molecule has 18 heavy (non-hydrogen) atoms. The van der Waals surface area contributed by atoms with Crippen LogP contribution in [-0.4, -0.2) is 23.4 Å². The molecule has 0 amide bonds. The zero-order valence-electron chi connectivity index (χ0n) is 10.5. The summed E-state index contributed by atoms with van der Waals surface area (Å²) in [5.74, 6) is 0. The number of aliphatic hydroxyl groups excluding tert-OH is 2. The van der Waals surface area contributed by atoms with Crippen LogP contribution in [-0.2, 0) is 11.8 Å². The largest absolute Gasteiger partial charge is 0.395 e. The van der Waals surface area contributed by atoms with E-state index in [4.69, 9.17) is 0 Å². The molecule has 0 bridgehead atoms. The predicted octanol–water partition coefficient (Wildman–Crippen LogP) is 2.52. The first kappa shape index (κ1) is 13.3. The van der Waals surface area contributed by atoms with Crippen molar-refractivity contribution in [2.75, 3.05) is 13.2 Å². The Morgan fingerprint density at radius 1 is 1.06 bits per heavy atom.